The summed E-state index contributed by atoms with van der Waals surface area (Å²) in [5.41, 5.74) is 7.01. The number of aryl methyl sites for hydroxylation is 1. The molecule has 0 aromatic carbocycles. The van der Waals surface area contributed by atoms with Gasteiger partial charge in [-0.05, 0) is 20.0 Å². The number of ether oxygens (including phenoxy) is 1. The van der Waals surface area contributed by atoms with Crippen LogP contribution in [0.15, 0.2) is 16.9 Å². The number of nitrogens with zero attached hydrogens (tertiary/aromatic N) is 4. The van der Waals surface area contributed by atoms with Crippen LogP contribution in [0.5, 0.6) is 0 Å². The van der Waals surface area contributed by atoms with E-state index in [2.05, 4.69) is 14.9 Å². The van der Waals surface area contributed by atoms with Crippen LogP contribution in [0.2, 0.25) is 0 Å². The third-order valence-electron chi connectivity index (χ3n) is 3.81. The molecule has 2 N–H and O–H groups in total. The van der Waals surface area contributed by atoms with Crippen LogP contribution in [0.25, 0.3) is 11.0 Å². The summed E-state index contributed by atoms with van der Waals surface area (Å²) in [7, 11) is 2.02. The zero-order valence-corrected chi connectivity index (χ0v) is 12.2. The average Bonchev–Trinajstić information content (AvgIpc) is 2.62. The molecule has 1 aliphatic heterocycles. The van der Waals surface area contributed by atoms with Crippen LogP contribution in [0.1, 0.15) is 11.7 Å². The predicted octanol–water partition coefficient (Wildman–Crippen LogP) is 0.185. The van der Waals surface area contributed by atoms with E-state index in [-0.39, 0.29) is 17.5 Å². The Morgan fingerprint density at radius 3 is 3.00 bits per heavy atom. The molecule has 0 saturated carbocycles. The van der Waals surface area contributed by atoms with Crippen molar-refractivity contribution in [3.8, 4) is 0 Å². The molecule has 0 bridgehead atoms. The minimum Gasteiger partial charge on any atom is -0.378 e. The second-order valence-corrected chi connectivity index (χ2v) is 5.44. The van der Waals surface area contributed by atoms with E-state index >= 15 is 0 Å². The minimum atomic E-state index is -0.0936. The fraction of sp³-hybridized carbons (Fsp3) is 0.500. The highest BCUT2D eigenvalue weighted by atomic mass is 16.5. The molecule has 7 nitrogen and oxygen atoms in total. The fourth-order valence-corrected chi connectivity index (χ4v) is 2.76. The number of aromatic nitrogens is 3. The van der Waals surface area contributed by atoms with E-state index in [0.29, 0.717) is 18.9 Å². The second kappa shape index (κ2) is 5.42. The summed E-state index contributed by atoms with van der Waals surface area (Å²) in [4.78, 5) is 23.0. The zero-order chi connectivity index (χ0) is 15.0. The van der Waals surface area contributed by atoms with Gasteiger partial charge in [-0.25, -0.2) is 4.98 Å². The number of anilines is 1. The number of pyridine rings is 1. The summed E-state index contributed by atoms with van der Waals surface area (Å²) in [6, 6.07) is 3.23. The van der Waals surface area contributed by atoms with Gasteiger partial charge in [-0.3, -0.25) is 9.36 Å². The first-order chi connectivity index (χ1) is 10.1. The number of rotatable bonds is 1. The number of nitrogen functional groups attached to an aromatic ring is 1. The summed E-state index contributed by atoms with van der Waals surface area (Å²) in [5, 5.41) is 0.843. The lowest BCUT2D eigenvalue weighted by molar-refractivity contribution is 0.124. The van der Waals surface area contributed by atoms with Crippen molar-refractivity contribution < 1.29 is 4.74 Å². The van der Waals surface area contributed by atoms with Gasteiger partial charge in [0.1, 0.15) is 5.65 Å². The first-order valence-corrected chi connectivity index (χ1v) is 6.98. The van der Waals surface area contributed by atoms with Gasteiger partial charge in [0.15, 0.2) is 0 Å². The van der Waals surface area contributed by atoms with Gasteiger partial charge < -0.3 is 15.4 Å². The standard InChI is InChI=1S/C14H19N5O2/c1-9-11-3-4-12(20)19(13(11)17-14(15)16-9)10-7-18(2)5-6-21-8-10/h3-4,10H,5-8H2,1-2H3,(H2,15,16,17). The maximum absolute atomic E-state index is 12.4. The molecule has 0 aliphatic carbocycles. The summed E-state index contributed by atoms with van der Waals surface area (Å²) >= 11 is 0. The van der Waals surface area contributed by atoms with Gasteiger partial charge in [0.25, 0.3) is 5.56 Å². The molecule has 112 valence electrons. The molecular formula is C14H19N5O2. The molecule has 1 aliphatic rings. The lowest BCUT2D eigenvalue weighted by Crippen LogP contribution is -2.34. The van der Waals surface area contributed by atoms with E-state index in [1.54, 1.807) is 16.7 Å². The van der Waals surface area contributed by atoms with E-state index < -0.39 is 0 Å². The third-order valence-corrected chi connectivity index (χ3v) is 3.81. The number of fused-ring (bicyclic) bond motifs is 1. The molecule has 3 rings (SSSR count). The van der Waals surface area contributed by atoms with Crippen molar-refractivity contribution in [1.82, 2.24) is 19.4 Å². The van der Waals surface area contributed by atoms with Gasteiger partial charge in [0.2, 0.25) is 5.95 Å². The van der Waals surface area contributed by atoms with E-state index in [4.69, 9.17) is 10.5 Å². The summed E-state index contributed by atoms with van der Waals surface area (Å²) in [6.45, 7) is 4.62. The quantitative estimate of drug-likeness (QED) is 0.806. The van der Waals surface area contributed by atoms with Crippen molar-refractivity contribution in [2.24, 2.45) is 0 Å². The first-order valence-electron chi connectivity index (χ1n) is 6.98. The zero-order valence-electron chi connectivity index (χ0n) is 12.2. The largest absolute Gasteiger partial charge is 0.378 e. The van der Waals surface area contributed by atoms with Crippen LogP contribution in [0.3, 0.4) is 0 Å². The molecule has 21 heavy (non-hydrogen) atoms. The molecule has 0 radical (unpaired) electrons. The smallest absolute Gasteiger partial charge is 0.252 e. The van der Waals surface area contributed by atoms with Crippen LogP contribution in [0.4, 0.5) is 5.95 Å². The van der Waals surface area contributed by atoms with Crippen LogP contribution >= 0.6 is 0 Å². The molecule has 1 saturated heterocycles. The summed E-state index contributed by atoms with van der Waals surface area (Å²) < 4.78 is 7.30. The van der Waals surface area contributed by atoms with Crippen molar-refractivity contribution in [2.45, 2.75) is 13.0 Å². The molecule has 0 amide bonds. The van der Waals surface area contributed by atoms with Gasteiger partial charge in [0.05, 0.1) is 24.9 Å². The summed E-state index contributed by atoms with van der Waals surface area (Å²) in [6.07, 6.45) is 0. The van der Waals surface area contributed by atoms with Crippen molar-refractivity contribution in [3.05, 3.63) is 28.2 Å². The maximum Gasteiger partial charge on any atom is 0.252 e. The van der Waals surface area contributed by atoms with E-state index in [1.807, 2.05) is 14.0 Å². The Kier molecular flexibility index (Phi) is 3.60. The Morgan fingerprint density at radius 2 is 2.19 bits per heavy atom. The lowest BCUT2D eigenvalue weighted by Gasteiger charge is -2.22. The molecule has 1 atom stereocenters. The van der Waals surface area contributed by atoms with Crippen LogP contribution in [-0.4, -0.2) is 52.8 Å². The highest BCUT2D eigenvalue weighted by molar-refractivity contribution is 5.78. The van der Waals surface area contributed by atoms with Crippen molar-refractivity contribution in [3.63, 3.8) is 0 Å². The SMILES string of the molecule is Cc1nc(N)nc2c1ccc(=O)n2C1COCCN(C)C1. The topological polar surface area (TPSA) is 86.3 Å². The molecular weight excluding hydrogens is 270 g/mol. The molecule has 1 unspecified atom stereocenters. The number of hydrogen-bond donors (Lipinski definition) is 1. The molecule has 7 heteroatoms. The molecule has 1 fully saturated rings. The molecule has 0 spiro atoms. The van der Waals surface area contributed by atoms with E-state index in [0.717, 1.165) is 24.2 Å². The van der Waals surface area contributed by atoms with Crippen LogP contribution < -0.4 is 11.3 Å². The second-order valence-electron chi connectivity index (χ2n) is 5.44. The van der Waals surface area contributed by atoms with Crippen molar-refractivity contribution in [2.75, 3.05) is 39.1 Å². The minimum absolute atomic E-state index is 0.0811. The average molecular weight is 289 g/mol. The molecule has 2 aromatic heterocycles. The Labute approximate surface area is 122 Å². The molecule has 3 heterocycles. The van der Waals surface area contributed by atoms with Gasteiger partial charge in [-0.15, -0.1) is 0 Å². The third kappa shape index (κ3) is 2.62. The van der Waals surface area contributed by atoms with Crippen molar-refractivity contribution in [1.29, 1.82) is 0 Å². The van der Waals surface area contributed by atoms with Crippen molar-refractivity contribution >= 4 is 17.0 Å². The Bertz CT molecular complexity index is 727. The van der Waals surface area contributed by atoms with E-state index in [1.165, 1.54) is 0 Å². The lowest BCUT2D eigenvalue weighted by atomic mass is 10.2. The predicted molar refractivity (Wildman–Crippen MR) is 80.3 cm³/mol. The van der Waals surface area contributed by atoms with Gasteiger partial charge in [-0.2, -0.15) is 4.98 Å². The number of hydrogen-bond acceptors (Lipinski definition) is 6. The Morgan fingerprint density at radius 1 is 1.38 bits per heavy atom. The van der Waals surface area contributed by atoms with Crippen LogP contribution in [0, 0.1) is 6.92 Å². The van der Waals surface area contributed by atoms with Gasteiger partial charge in [0, 0.05) is 24.5 Å². The van der Waals surface area contributed by atoms with Crippen LogP contribution in [-0.2, 0) is 4.74 Å². The number of nitrogens with two attached hydrogens (primary N) is 1. The normalized spacial score (nSPS) is 20.6. The Hall–Kier alpha value is -1.99. The van der Waals surface area contributed by atoms with E-state index in [9.17, 15) is 4.79 Å². The first kappa shape index (κ1) is 14.0. The van der Waals surface area contributed by atoms with Gasteiger partial charge in [-0.1, -0.05) is 0 Å². The Balaban J connectivity index is 2.20. The van der Waals surface area contributed by atoms with Gasteiger partial charge >= 0.3 is 0 Å². The highest BCUT2D eigenvalue weighted by Crippen LogP contribution is 2.19. The monoisotopic (exact) mass is 289 g/mol. The number of likely N-dealkylation sites (N-methyl/N-ethyl adjacent to an activating group) is 1. The summed E-state index contributed by atoms with van der Waals surface area (Å²) in [5.74, 6) is 0.183. The molecule has 2 aromatic rings. The fourth-order valence-electron chi connectivity index (χ4n) is 2.76. The highest BCUT2D eigenvalue weighted by Gasteiger charge is 2.21. The maximum atomic E-state index is 12.4.